The molecule has 6 heteroatoms. The molecule has 4 nitrogen and oxygen atoms in total. The van der Waals surface area contributed by atoms with E-state index in [1.165, 1.54) is 17.8 Å². The minimum atomic E-state index is -0.0126. The van der Waals surface area contributed by atoms with Gasteiger partial charge in [0.2, 0.25) is 0 Å². The van der Waals surface area contributed by atoms with E-state index >= 15 is 0 Å². The number of hydrogen-bond acceptors (Lipinski definition) is 4. The summed E-state index contributed by atoms with van der Waals surface area (Å²) >= 11 is 3.69. The number of carbonyl (C=O) groups excluding carboxylic acids is 1. The summed E-state index contributed by atoms with van der Waals surface area (Å²) in [5.74, 6) is 0.687. The smallest absolute Gasteiger partial charge is 0.317 e. The van der Waals surface area contributed by atoms with E-state index in [4.69, 9.17) is 0 Å². The summed E-state index contributed by atoms with van der Waals surface area (Å²) in [7, 11) is 0. The van der Waals surface area contributed by atoms with Crippen molar-refractivity contribution in [3.8, 4) is 0 Å². The maximum atomic E-state index is 12.4. The van der Waals surface area contributed by atoms with Crippen molar-refractivity contribution in [1.82, 2.24) is 15.2 Å². The van der Waals surface area contributed by atoms with Crippen LogP contribution < -0.4 is 5.32 Å². The maximum absolute atomic E-state index is 12.4. The van der Waals surface area contributed by atoms with Crippen molar-refractivity contribution in [3.63, 3.8) is 0 Å². The van der Waals surface area contributed by atoms with Crippen molar-refractivity contribution in [2.24, 2.45) is 0 Å². The second kappa shape index (κ2) is 6.16. The maximum Gasteiger partial charge on any atom is 0.317 e. The number of urea groups is 1. The lowest BCUT2D eigenvalue weighted by molar-refractivity contribution is 0.193. The molecule has 0 spiro atoms. The topological polar surface area (TPSA) is 45.2 Å². The molecule has 1 aliphatic carbocycles. The van der Waals surface area contributed by atoms with E-state index in [0.29, 0.717) is 16.4 Å². The van der Waals surface area contributed by atoms with Gasteiger partial charge in [0.15, 0.2) is 0 Å². The fourth-order valence-corrected chi connectivity index (χ4v) is 5.12. The van der Waals surface area contributed by atoms with Crippen LogP contribution in [0.4, 0.5) is 4.79 Å². The summed E-state index contributed by atoms with van der Waals surface area (Å²) in [6, 6.07) is 0.0314. The SMILES string of the molecule is C[C@@H]1CN(C(=O)N[C@H](C)c2csc(C3CC3)n2)C[C@@H](C)S1. The quantitative estimate of drug-likeness (QED) is 0.923. The molecule has 2 amide bonds. The first-order chi connectivity index (χ1) is 10.0. The van der Waals surface area contributed by atoms with Crippen LogP contribution in [0.25, 0.3) is 0 Å². The molecule has 3 rings (SSSR count). The van der Waals surface area contributed by atoms with Gasteiger partial charge in [0, 0.05) is 34.9 Å². The summed E-state index contributed by atoms with van der Waals surface area (Å²) < 4.78 is 0. The molecule has 1 aliphatic heterocycles. The van der Waals surface area contributed by atoms with Crippen LogP contribution >= 0.6 is 23.1 Å². The molecule has 3 atom stereocenters. The molecule has 1 saturated carbocycles. The van der Waals surface area contributed by atoms with Crippen LogP contribution in [0.15, 0.2) is 5.38 Å². The Labute approximate surface area is 134 Å². The van der Waals surface area contributed by atoms with Crippen LogP contribution in [0.1, 0.15) is 56.3 Å². The highest BCUT2D eigenvalue weighted by molar-refractivity contribution is 8.00. The highest BCUT2D eigenvalue weighted by Crippen LogP contribution is 2.41. The van der Waals surface area contributed by atoms with Gasteiger partial charge in [0.25, 0.3) is 0 Å². The van der Waals surface area contributed by atoms with E-state index in [0.717, 1.165) is 18.8 Å². The van der Waals surface area contributed by atoms with Gasteiger partial charge in [-0.2, -0.15) is 11.8 Å². The summed E-state index contributed by atoms with van der Waals surface area (Å²) in [5.41, 5.74) is 1.00. The van der Waals surface area contributed by atoms with E-state index < -0.39 is 0 Å². The van der Waals surface area contributed by atoms with Gasteiger partial charge < -0.3 is 10.2 Å². The fraction of sp³-hybridized carbons (Fsp3) is 0.733. The first kappa shape index (κ1) is 15.2. The van der Waals surface area contributed by atoms with E-state index in [1.807, 2.05) is 23.6 Å². The molecule has 0 bridgehead atoms. The summed E-state index contributed by atoms with van der Waals surface area (Å²) in [6.07, 6.45) is 2.55. The Morgan fingerprint density at radius 3 is 2.67 bits per heavy atom. The number of thiazole rings is 1. The third kappa shape index (κ3) is 3.72. The molecule has 1 aromatic heterocycles. The zero-order valence-corrected chi connectivity index (χ0v) is 14.5. The van der Waals surface area contributed by atoms with Crippen LogP contribution in [0.3, 0.4) is 0 Å². The number of aromatic nitrogens is 1. The molecule has 1 aromatic rings. The Bertz CT molecular complexity index is 505. The van der Waals surface area contributed by atoms with Gasteiger partial charge in [-0.1, -0.05) is 13.8 Å². The largest absolute Gasteiger partial charge is 0.330 e. The van der Waals surface area contributed by atoms with Gasteiger partial charge in [-0.25, -0.2) is 9.78 Å². The highest BCUT2D eigenvalue weighted by Gasteiger charge is 2.29. The van der Waals surface area contributed by atoms with Crippen molar-refractivity contribution in [3.05, 3.63) is 16.1 Å². The van der Waals surface area contributed by atoms with Crippen LogP contribution in [0.2, 0.25) is 0 Å². The van der Waals surface area contributed by atoms with Crippen LogP contribution in [-0.2, 0) is 0 Å². The summed E-state index contributed by atoms with van der Waals surface area (Å²) in [5, 5.41) is 7.45. The summed E-state index contributed by atoms with van der Waals surface area (Å²) in [4.78, 5) is 19.0. The number of nitrogens with one attached hydrogen (secondary N) is 1. The van der Waals surface area contributed by atoms with Gasteiger partial charge in [-0.3, -0.25) is 0 Å². The van der Waals surface area contributed by atoms with Crippen LogP contribution in [-0.4, -0.2) is 39.5 Å². The molecule has 2 heterocycles. The molecule has 0 aromatic carbocycles. The molecule has 1 N–H and O–H groups in total. The standard InChI is InChI=1S/C15H23N3OS2/c1-9-6-18(7-10(2)21-9)15(19)16-11(3)13-8-20-14(17-13)12-4-5-12/h8-12H,4-7H2,1-3H3,(H,16,19)/t9-,10-,11-/m1/s1. The van der Waals surface area contributed by atoms with Crippen molar-refractivity contribution >= 4 is 29.1 Å². The molecule has 21 heavy (non-hydrogen) atoms. The first-order valence-corrected chi connectivity index (χ1v) is 9.51. The van der Waals surface area contributed by atoms with Gasteiger partial charge >= 0.3 is 6.03 Å². The molecule has 2 aliphatic rings. The summed E-state index contributed by atoms with van der Waals surface area (Å²) in [6.45, 7) is 8.06. The lowest BCUT2D eigenvalue weighted by Gasteiger charge is -2.35. The number of thioether (sulfide) groups is 1. The van der Waals surface area contributed by atoms with Crippen molar-refractivity contribution in [1.29, 1.82) is 0 Å². The predicted molar refractivity (Wildman–Crippen MR) is 89.1 cm³/mol. The average molecular weight is 326 g/mol. The second-order valence-corrected chi connectivity index (χ2v) is 8.99. The first-order valence-electron chi connectivity index (χ1n) is 7.69. The minimum absolute atomic E-state index is 0.0126. The van der Waals surface area contributed by atoms with Crippen molar-refractivity contribution in [2.75, 3.05) is 13.1 Å². The Morgan fingerprint density at radius 2 is 2.05 bits per heavy atom. The fourth-order valence-electron chi connectivity index (χ4n) is 2.71. The van der Waals surface area contributed by atoms with E-state index in [1.54, 1.807) is 11.3 Å². The van der Waals surface area contributed by atoms with Crippen LogP contribution in [0.5, 0.6) is 0 Å². The van der Waals surface area contributed by atoms with Gasteiger partial charge in [0.05, 0.1) is 16.7 Å². The molecule has 0 radical (unpaired) electrons. The van der Waals surface area contributed by atoms with E-state index in [9.17, 15) is 4.79 Å². The number of rotatable bonds is 3. The molecule has 1 saturated heterocycles. The van der Waals surface area contributed by atoms with Crippen molar-refractivity contribution in [2.45, 2.75) is 56.1 Å². The third-order valence-corrected chi connectivity index (χ3v) is 6.21. The lowest BCUT2D eigenvalue weighted by atomic mass is 10.2. The van der Waals surface area contributed by atoms with Gasteiger partial charge in [-0.05, 0) is 19.8 Å². The molecular weight excluding hydrogens is 302 g/mol. The predicted octanol–water partition coefficient (Wildman–Crippen LogP) is 3.62. The Morgan fingerprint density at radius 1 is 1.38 bits per heavy atom. The normalized spacial score (nSPS) is 27.5. The monoisotopic (exact) mass is 325 g/mol. The Balaban J connectivity index is 1.57. The Hall–Kier alpha value is -0.750. The highest BCUT2D eigenvalue weighted by atomic mass is 32.2. The Kier molecular flexibility index (Phi) is 4.45. The van der Waals surface area contributed by atoms with Gasteiger partial charge in [-0.15, -0.1) is 11.3 Å². The van der Waals surface area contributed by atoms with Crippen LogP contribution in [0, 0.1) is 0 Å². The molecule has 0 unspecified atom stereocenters. The minimum Gasteiger partial charge on any atom is -0.330 e. The molecule has 2 fully saturated rings. The average Bonchev–Trinajstić information content (AvgIpc) is 3.15. The number of amides is 2. The number of nitrogens with zero attached hydrogens (tertiary/aromatic N) is 2. The number of hydrogen-bond donors (Lipinski definition) is 1. The number of carbonyl (C=O) groups is 1. The van der Waals surface area contributed by atoms with E-state index in [-0.39, 0.29) is 12.1 Å². The van der Waals surface area contributed by atoms with E-state index in [2.05, 4.69) is 29.5 Å². The lowest BCUT2D eigenvalue weighted by Crippen LogP contribution is -2.49. The molecule has 116 valence electrons. The van der Waals surface area contributed by atoms with Crippen molar-refractivity contribution < 1.29 is 4.79 Å². The zero-order chi connectivity index (χ0) is 15.0. The zero-order valence-electron chi connectivity index (χ0n) is 12.8. The second-order valence-electron chi connectivity index (χ2n) is 6.22. The van der Waals surface area contributed by atoms with Gasteiger partial charge in [0.1, 0.15) is 0 Å². The third-order valence-electron chi connectivity index (χ3n) is 3.96. The molecular formula is C15H23N3OS2.